The van der Waals surface area contributed by atoms with Crippen LogP contribution in [-0.2, 0) is 11.2 Å². The summed E-state index contributed by atoms with van der Waals surface area (Å²) in [4.78, 5) is 0. The van der Waals surface area contributed by atoms with E-state index in [1.165, 1.54) is 0 Å². The molecule has 0 unspecified atom stereocenters. The summed E-state index contributed by atoms with van der Waals surface area (Å²) in [6, 6.07) is 13.3. The van der Waals surface area contributed by atoms with Gasteiger partial charge in [0.1, 0.15) is 18.3 Å². The van der Waals surface area contributed by atoms with Crippen molar-refractivity contribution in [2.75, 3.05) is 6.61 Å². The molecule has 1 aliphatic rings. The highest BCUT2D eigenvalue weighted by atomic mass is 35.5. The summed E-state index contributed by atoms with van der Waals surface area (Å²) in [7, 11) is 0. The smallest absolute Gasteiger partial charge is 0.107 e. The van der Waals surface area contributed by atoms with Crippen LogP contribution >= 0.6 is 11.6 Å². The lowest BCUT2D eigenvalue weighted by Gasteiger charge is -2.36. The van der Waals surface area contributed by atoms with Crippen LogP contribution in [0.15, 0.2) is 66.8 Å². The molecule has 0 spiro atoms. The Morgan fingerprint density at radius 3 is 2.44 bits per heavy atom. The summed E-state index contributed by atoms with van der Waals surface area (Å²) in [5, 5.41) is 20.5. The highest BCUT2D eigenvalue weighted by Gasteiger charge is 2.35. The number of halogens is 1. The van der Waals surface area contributed by atoms with Gasteiger partial charge in [-0.05, 0) is 52.5 Å². The van der Waals surface area contributed by atoms with Gasteiger partial charge in [0, 0.05) is 10.6 Å². The Morgan fingerprint density at radius 1 is 1.11 bits per heavy atom. The highest BCUT2D eigenvalue weighted by molar-refractivity contribution is 6.31. The van der Waals surface area contributed by atoms with E-state index in [0.717, 1.165) is 22.3 Å². The van der Waals surface area contributed by atoms with E-state index in [0.29, 0.717) is 22.6 Å². The number of aliphatic hydroxyl groups is 2. The first-order chi connectivity index (χ1) is 12.9. The molecule has 1 heterocycles. The van der Waals surface area contributed by atoms with Crippen LogP contribution < -0.4 is 0 Å². The Hall–Kier alpha value is -2.35. The van der Waals surface area contributed by atoms with Crippen molar-refractivity contribution in [3.05, 3.63) is 94.0 Å². The van der Waals surface area contributed by atoms with E-state index in [1.54, 1.807) is 0 Å². The predicted octanol–water partition coefficient (Wildman–Crippen LogP) is 3.82. The van der Waals surface area contributed by atoms with Crippen molar-refractivity contribution in [3.63, 3.8) is 0 Å². The molecule has 138 valence electrons. The van der Waals surface area contributed by atoms with E-state index < -0.39 is 18.3 Å². The minimum absolute atomic E-state index is 0.248. The number of rotatable bonds is 4. The summed E-state index contributed by atoms with van der Waals surface area (Å²) in [6.07, 6.45) is 3.94. The third-order valence-corrected chi connectivity index (χ3v) is 5.18. The quantitative estimate of drug-likeness (QED) is 0.626. The number of terminal acetylenes is 1. The van der Waals surface area contributed by atoms with Crippen LogP contribution in [0.2, 0.25) is 5.02 Å². The SMILES string of the molecule is C#Cc1ccc(Cc2cc([C@@H]3O[C@H](CO)C(=C)[C@H](O)C3=C)ccc2Cl)cc1. The highest BCUT2D eigenvalue weighted by Crippen LogP contribution is 2.38. The molecule has 2 N–H and O–H groups in total. The van der Waals surface area contributed by atoms with E-state index in [2.05, 4.69) is 19.1 Å². The molecule has 3 atom stereocenters. The number of hydrogen-bond acceptors (Lipinski definition) is 3. The van der Waals surface area contributed by atoms with Gasteiger partial charge in [0.25, 0.3) is 0 Å². The Labute approximate surface area is 164 Å². The lowest BCUT2D eigenvalue weighted by molar-refractivity contribution is -0.0417. The molecule has 1 saturated heterocycles. The van der Waals surface area contributed by atoms with Gasteiger partial charge in [-0.3, -0.25) is 0 Å². The molecular formula is C23H21ClO3. The lowest BCUT2D eigenvalue weighted by Crippen LogP contribution is -2.37. The molecule has 1 fully saturated rings. The van der Waals surface area contributed by atoms with Crippen molar-refractivity contribution in [3.8, 4) is 12.3 Å². The monoisotopic (exact) mass is 380 g/mol. The topological polar surface area (TPSA) is 49.7 Å². The van der Waals surface area contributed by atoms with Gasteiger partial charge in [-0.25, -0.2) is 0 Å². The Bertz CT molecular complexity index is 908. The Morgan fingerprint density at radius 2 is 1.81 bits per heavy atom. The fraction of sp³-hybridized carbons (Fsp3) is 0.217. The number of hydrogen-bond donors (Lipinski definition) is 2. The average molecular weight is 381 g/mol. The van der Waals surface area contributed by atoms with Crippen molar-refractivity contribution in [2.45, 2.75) is 24.7 Å². The summed E-state index contributed by atoms with van der Waals surface area (Å²) >= 11 is 6.39. The molecule has 0 amide bonds. The first-order valence-electron chi connectivity index (χ1n) is 8.60. The molecule has 27 heavy (non-hydrogen) atoms. The maximum atomic E-state index is 10.4. The van der Waals surface area contributed by atoms with Gasteiger partial charge in [0.2, 0.25) is 0 Å². The molecule has 1 aliphatic heterocycles. The first kappa shape index (κ1) is 19.4. The fourth-order valence-electron chi connectivity index (χ4n) is 3.18. The van der Waals surface area contributed by atoms with Crippen LogP contribution in [0.1, 0.15) is 28.4 Å². The number of benzene rings is 2. The van der Waals surface area contributed by atoms with Crippen LogP contribution in [0.25, 0.3) is 0 Å². The second-order valence-electron chi connectivity index (χ2n) is 6.61. The minimum atomic E-state index is -0.920. The van der Waals surface area contributed by atoms with Crippen molar-refractivity contribution >= 4 is 11.6 Å². The second-order valence-corrected chi connectivity index (χ2v) is 7.02. The largest absolute Gasteiger partial charge is 0.393 e. The maximum absolute atomic E-state index is 10.4. The molecular weight excluding hydrogens is 360 g/mol. The van der Waals surface area contributed by atoms with Gasteiger partial charge in [0.15, 0.2) is 0 Å². The molecule has 0 aromatic heterocycles. The zero-order chi connectivity index (χ0) is 19.6. The molecule has 4 heteroatoms. The van der Waals surface area contributed by atoms with Gasteiger partial charge in [-0.15, -0.1) is 6.42 Å². The van der Waals surface area contributed by atoms with Crippen LogP contribution in [0.5, 0.6) is 0 Å². The van der Waals surface area contributed by atoms with Gasteiger partial charge >= 0.3 is 0 Å². The summed E-state index contributed by atoms with van der Waals surface area (Å²) in [6.45, 7) is 7.51. The summed E-state index contributed by atoms with van der Waals surface area (Å²) < 4.78 is 5.92. The van der Waals surface area contributed by atoms with E-state index in [4.69, 9.17) is 22.8 Å². The van der Waals surface area contributed by atoms with Crippen LogP contribution in [0.3, 0.4) is 0 Å². The standard InChI is InChI=1S/C23H21ClO3/c1-4-16-5-7-17(8-6-16)11-19-12-18(9-10-20(19)24)23-15(3)22(26)14(2)21(13-25)27-23/h1,5-10,12,21-23,25-26H,2-3,11,13H2/t21-,22+,23-/m1/s1. The van der Waals surface area contributed by atoms with Crippen LogP contribution in [-0.4, -0.2) is 29.0 Å². The van der Waals surface area contributed by atoms with Crippen LogP contribution in [0, 0.1) is 12.3 Å². The Balaban J connectivity index is 1.89. The van der Waals surface area contributed by atoms with E-state index >= 15 is 0 Å². The average Bonchev–Trinajstić information content (AvgIpc) is 2.69. The van der Waals surface area contributed by atoms with Gasteiger partial charge in [-0.2, -0.15) is 0 Å². The molecule has 2 aromatic rings. The first-order valence-corrected chi connectivity index (χ1v) is 8.98. The van der Waals surface area contributed by atoms with Crippen molar-refractivity contribution in [2.24, 2.45) is 0 Å². The van der Waals surface area contributed by atoms with E-state index in [9.17, 15) is 10.2 Å². The number of aliphatic hydroxyl groups excluding tert-OH is 2. The minimum Gasteiger partial charge on any atom is -0.393 e. The molecule has 0 aliphatic carbocycles. The van der Waals surface area contributed by atoms with Crippen molar-refractivity contribution in [1.82, 2.24) is 0 Å². The lowest BCUT2D eigenvalue weighted by atomic mass is 9.88. The molecule has 3 rings (SSSR count). The molecule has 2 aromatic carbocycles. The van der Waals surface area contributed by atoms with Crippen molar-refractivity contribution < 1.29 is 14.9 Å². The third-order valence-electron chi connectivity index (χ3n) is 4.81. The zero-order valence-electron chi connectivity index (χ0n) is 14.9. The fourth-order valence-corrected chi connectivity index (χ4v) is 3.37. The number of ether oxygens (including phenoxy) is 1. The van der Waals surface area contributed by atoms with E-state index in [1.807, 2.05) is 42.5 Å². The molecule has 0 saturated carbocycles. The third kappa shape index (κ3) is 4.00. The molecule has 0 radical (unpaired) electrons. The van der Waals surface area contributed by atoms with Crippen molar-refractivity contribution in [1.29, 1.82) is 0 Å². The van der Waals surface area contributed by atoms with Gasteiger partial charge in [0.05, 0.1) is 6.61 Å². The van der Waals surface area contributed by atoms with Gasteiger partial charge < -0.3 is 14.9 Å². The predicted molar refractivity (Wildman–Crippen MR) is 108 cm³/mol. The molecule has 0 bridgehead atoms. The molecule has 3 nitrogen and oxygen atoms in total. The maximum Gasteiger partial charge on any atom is 0.107 e. The normalized spacial score (nSPS) is 22.5. The zero-order valence-corrected chi connectivity index (χ0v) is 15.6. The second kappa shape index (κ2) is 8.12. The Kier molecular flexibility index (Phi) is 5.84. The van der Waals surface area contributed by atoms with Crippen LogP contribution in [0.4, 0.5) is 0 Å². The summed E-state index contributed by atoms with van der Waals surface area (Å²) in [5.41, 5.74) is 4.58. The van der Waals surface area contributed by atoms with Gasteiger partial charge in [-0.1, -0.05) is 54.9 Å². The van der Waals surface area contributed by atoms with E-state index in [-0.39, 0.29) is 6.61 Å². The summed E-state index contributed by atoms with van der Waals surface area (Å²) in [5.74, 6) is 2.60.